The minimum Gasteiger partial charge on any atom is -0.393 e. The van der Waals surface area contributed by atoms with Crippen LogP contribution in [0.1, 0.15) is 13.8 Å². The third-order valence-corrected chi connectivity index (χ3v) is 5.35. The van der Waals surface area contributed by atoms with Gasteiger partial charge >= 0.3 is 23.9 Å². The molecule has 104 valence electrons. The molecule has 5 aliphatic rings. The van der Waals surface area contributed by atoms with Crippen LogP contribution in [0.4, 0.5) is 0 Å². The second kappa shape index (κ2) is 3.19. The number of rotatable bonds is 0. The number of esters is 4. The maximum atomic E-state index is 12.0. The lowest BCUT2D eigenvalue weighted by Crippen LogP contribution is -2.57. The molecule has 1 saturated carbocycles. The van der Waals surface area contributed by atoms with Crippen molar-refractivity contribution in [1.82, 2.24) is 0 Å². The molecule has 6 heteroatoms. The molecule has 0 N–H and O–H groups in total. The minimum absolute atomic E-state index is 0.468. The van der Waals surface area contributed by atoms with E-state index in [4.69, 9.17) is 9.47 Å². The lowest BCUT2D eigenvalue weighted by atomic mass is 9.46. The zero-order chi connectivity index (χ0) is 14.4. The molecule has 0 aromatic carbocycles. The van der Waals surface area contributed by atoms with Crippen LogP contribution in [0.3, 0.4) is 0 Å². The molecule has 3 fully saturated rings. The van der Waals surface area contributed by atoms with Crippen molar-refractivity contribution < 1.29 is 28.7 Å². The van der Waals surface area contributed by atoms with Crippen molar-refractivity contribution in [2.45, 2.75) is 13.8 Å². The zero-order valence-electron chi connectivity index (χ0n) is 10.9. The molecule has 3 aliphatic carbocycles. The van der Waals surface area contributed by atoms with Gasteiger partial charge in [0.05, 0.1) is 23.7 Å². The van der Waals surface area contributed by atoms with Crippen LogP contribution in [0, 0.1) is 35.0 Å². The molecule has 20 heavy (non-hydrogen) atoms. The van der Waals surface area contributed by atoms with Crippen LogP contribution >= 0.6 is 0 Å². The molecule has 0 aromatic heterocycles. The van der Waals surface area contributed by atoms with E-state index in [0.717, 1.165) is 5.57 Å². The van der Waals surface area contributed by atoms with Crippen LogP contribution in [0.5, 0.6) is 0 Å². The fourth-order valence-electron chi connectivity index (χ4n) is 4.77. The summed E-state index contributed by atoms with van der Waals surface area (Å²) in [7, 11) is 0. The lowest BCUT2D eigenvalue weighted by Gasteiger charge is -2.51. The Morgan fingerprint density at radius 1 is 0.850 bits per heavy atom. The number of carbonyl (C=O) groups excluding carboxylic acids is 4. The summed E-state index contributed by atoms with van der Waals surface area (Å²) in [5, 5.41) is 0. The monoisotopic (exact) mass is 276 g/mol. The Morgan fingerprint density at radius 3 is 1.75 bits per heavy atom. The molecule has 2 saturated heterocycles. The summed E-state index contributed by atoms with van der Waals surface area (Å²) < 4.78 is 9.53. The highest BCUT2D eigenvalue weighted by Crippen LogP contribution is 2.64. The summed E-state index contributed by atoms with van der Waals surface area (Å²) in [6.45, 7) is 3.56. The number of hydrogen-bond acceptors (Lipinski definition) is 6. The Labute approximate surface area is 114 Å². The minimum atomic E-state index is -0.888. The maximum Gasteiger partial charge on any atom is 0.318 e. The van der Waals surface area contributed by atoms with Gasteiger partial charge < -0.3 is 9.47 Å². The van der Waals surface area contributed by atoms with Crippen LogP contribution in [0.15, 0.2) is 11.6 Å². The largest absolute Gasteiger partial charge is 0.393 e. The van der Waals surface area contributed by atoms with Crippen molar-refractivity contribution in [3.8, 4) is 0 Å². The third kappa shape index (κ3) is 1.04. The van der Waals surface area contributed by atoms with Crippen LogP contribution in [0.2, 0.25) is 0 Å². The molecule has 6 atom stereocenters. The predicted molar refractivity (Wildman–Crippen MR) is 61.5 cm³/mol. The van der Waals surface area contributed by atoms with Crippen molar-refractivity contribution in [3.05, 3.63) is 11.6 Å². The van der Waals surface area contributed by atoms with E-state index in [0.29, 0.717) is 0 Å². The molecule has 0 aromatic rings. The Kier molecular flexibility index (Phi) is 1.88. The molecule has 6 nitrogen and oxygen atoms in total. The topological polar surface area (TPSA) is 86.7 Å². The first-order valence-corrected chi connectivity index (χ1v) is 6.56. The second-order valence-corrected chi connectivity index (χ2v) is 6.27. The fraction of sp³-hybridized carbons (Fsp3) is 0.571. The summed E-state index contributed by atoms with van der Waals surface area (Å²) in [5.41, 5.74) is -0.0333. The smallest absolute Gasteiger partial charge is 0.318 e. The van der Waals surface area contributed by atoms with Crippen LogP contribution in [-0.2, 0) is 28.7 Å². The van der Waals surface area contributed by atoms with Gasteiger partial charge in [0.1, 0.15) is 0 Å². The highest BCUT2D eigenvalue weighted by Gasteiger charge is 2.73. The number of cyclic esters (lactones) is 4. The van der Waals surface area contributed by atoms with Gasteiger partial charge in [-0.25, -0.2) is 0 Å². The molecular weight excluding hydrogens is 264 g/mol. The van der Waals surface area contributed by atoms with Crippen molar-refractivity contribution in [2.24, 2.45) is 35.0 Å². The molecule has 0 amide bonds. The average molecular weight is 276 g/mol. The zero-order valence-corrected chi connectivity index (χ0v) is 10.9. The maximum absolute atomic E-state index is 12.0. The Morgan fingerprint density at radius 2 is 1.30 bits per heavy atom. The Balaban J connectivity index is 1.98. The van der Waals surface area contributed by atoms with E-state index in [2.05, 4.69) is 0 Å². The van der Waals surface area contributed by atoms with Gasteiger partial charge in [0.2, 0.25) is 0 Å². The first kappa shape index (κ1) is 11.8. The molecule has 2 aliphatic heterocycles. The third-order valence-electron chi connectivity index (χ3n) is 5.35. The normalized spacial score (nSPS) is 48.7. The summed E-state index contributed by atoms with van der Waals surface area (Å²) in [4.78, 5) is 47.9. The Hall–Kier alpha value is -1.98. The second-order valence-electron chi connectivity index (χ2n) is 6.27. The quantitative estimate of drug-likeness (QED) is 0.357. The van der Waals surface area contributed by atoms with Gasteiger partial charge in [-0.15, -0.1) is 0 Å². The van der Waals surface area contributed by atoms with E-state index < -0.39 is 58.9 Å². The van der Waals surface area contributed by atoms with E-state index in [9.17, 15) is 19.2 Å². The van der Waals surface area contributed by atoms with Gasteiger partial charge in [-0.3, -0.25) is 19.2 Å². The summed E-state index contributed by atoms with van der Waals surface area (Å²) in [5.74, 6) is -5.56. The van der Waals surface area contributed by atoms with Gasteiger partial charge in [-0.1, -0.05) is 18.6 Å². The van der Waals surface area contributed by atoms with Gasteiger partial charge in [0.15, 0.2) is 0 Å². The average Bonchev–Trinajstić information content (AvgIpc) is 2.80. The van der Waals surface area contributed by atoms with Gasteiger partial charge in [-0.05, 0) is 6.92 Å². The van der Waals surface area contributed by atoms with Gasteiger partial charge in [0, 0.05) is 11.3 Å². The van der Waals surface area contributed by atoms with Gasteiger partial charge in [-0.2, -0.15) is 0 Å². The molecule has 2 heterocycles. The molecular formula is C14H12O6. The SMILES string of the molecule is CC1=CC2(C)[C@@H]3C(=O)OC(=O)[C@@H]3C1[C@@H]1C(=O)OC(=O)[C@@H]12. The Bertz CT molecular complexity index is 588. The van der Waals surface area contributed by atoms with E-state index in [1.807, 2.05) is 13.0 Å². The fourth-order valence-corrected chi connectivity index (χ4v) is 4.77. The number of carbonyl (C=O) groups is 4. The van der Waals surface area contributed by atoms with Crippen LogP contribution in [0.25, 0.3) is 0 Å². The summed E-state index contributed by atoms with van der Waals surface area (Å²) >= 11 is 0. The molecule has 0 spiro atoms. The van der Waals surface area contributed by atoms with Crippen molar-refractivity contribution >= 4 is 23.9 Å². The van der Waals surface area contributed by atoms with Crippen molar-refractivity contribution in [2.75, 3.05) is 0 Å². The summed E-state index contributed by atoms with van der Waals surface area (Å²) in [6, 6.07) is 0. The first-order valence-electron chi connectivity index (χ1n) is 6.56. The van der Waals surface area contributed by atoms with E-state index in [-0.39, 0.29) is 0 Å². The summed E-state index contributed by atoms with van der Waals surface area (Å²) in [6.07, 6.45) is 1.85. The number of ether oxygens (including phenoxy) is 2. The van der Waals surface area contributed by atoms with Crippen LogP contribution < -0.4 is 0 Å². The molecule has 2 unspecified atom stereocenters. The molecule has 5 rings (SSSR count). The first-order chi connectivity index (χ1) is 9.36. The van der Waals surface area contributed by atoms with E-state index in [1.54, 1.807) is 6.92 Å². The van der Waals surface area contributed by atoms with Crippen molar-refractivity contribution in [3.63, 3.8) is 0 Å². The van der Waals surface area contributed by atoms with E-state index in [1.165, 1.54) is 0 Å². The lowest BCUT2D eigenvalue weighted by molar-refractivity contribution is -0.154. The van der Waals surface area contributed by atoms with E-state index >= 15 is 0 Å². The van der Waals surface area contributed by atoms with Crippen molar-refractivity contribution in [1.29, 1.82) is 0 Å². The van der Waals surface area contributed by atoms with Crippen LogP contribution in [-0.4, -0.2) is 23.9 Å². The highest BCUT2D eigenvalue weighted by atomic mass is 16.6. The molecule has 2 bridgehead atoms. The number of hydrogen-bond donors (Lipinski definition) is 0. The molecule has 0 radical (unpaired) electrons. The standard InChI is InChI=1S/C14H12O6/c1-4-3-14(2)8-6(10(15)19-12(8)17)5(4)7-9(14)13(18)20-11(7)16/h3,5-9H,1-2H3/t5?,6-,7+,8+,9-,14?. The number of allylic oxidation sites excluding steroid dienone is 2. The predicted octanol–water partition coefficient (Wildman–Crippen LogP) is 0.214. The van der Waals surface area contributed by atoms with Gasteiger partial charge in [0.25, 0.3) is 0 Å². The highest BCUT2D eigenvalue weighted by molar-refractivity contribution is 6.03.